The molecule has 0 aromatic heterocycles. The Balaban J connectivity index is 1.81. The first-order chi connectivity index (χ1) is 9.57. The van der Waals surface area contributed by atoms with Crippen LogP contribution in [0.5, 0.6) is 0 Å². The second-order valence-electron chi connectivity index (χ2n) is 5.47. The highest BCUT2D eigenvalue weighted by Crippen LogP contribution is 2.29. The number of amides is 1. The molecule has 20 heavy (non-hydrogen) atoms. The Bertz CT molecular complexity index is 368. The van der Waals surface area contributed by atoms with E-state index in [1.807, 2.05) is 0 Å². The van der Waals surface area contributed by atoms with Gasteiger partial charge in [0.25, 0.3) is 0 Å². The van der Waals surface area contributed by atoms with E-state index in [1.54, 1.807) is 0 Å². The summed E-state index contributed by atoms with van der Waals surface area (Å²) in [5, 5.41) is 11.7. The molecule has 0 radical (unpaired) electrons. The maximum absolute atomic E-state index is 12.3. The summed E-state index contributed by atoms with van der Waals surface area (Å²) >= 11 is 0. The van der Waals surface area contributed by atoms with Crippen molar-refractivity contribution < 1.29 is 24.2 Å². The highest BCUT2D eigenvalue weighted by molar-refractivity contribution is 5.83. The van der Waals surface area contributed by atoms with Crippen LogP contribution < -0.4 is 11.1 Å². The molecule has 2 unspecified atom stereocenters. The van der Waals surface area contributed by atoms with Gasteiger partial charge < -0.3 is 25.6 Å². The quantitative estimate of drug-likeness (QED) is 0.628. The summed E-state index contributed by atoms with van der Waals surface area (Å²) in [6.45, 7) is 1.73. The van der Waals surface area contributed by atoms with Gasteiger partial charge in [0.1, 0.15) is 0 Å². The zero-order valence-electron chi connectivity index (χ0n) is 11.5. The largest absolute Gasteiger partial charge is 0.479 e. The highest BCUT2D eigenvalue weighted by atomic mass is 16.5. The van der Waals surface area contributed by atoms with Gasteiger partial charge in [0, 0.05) is 26.3 Å². The zero-order chi connectivity index (χ0) is 14.6. The fraction of sp³-hybridized carbons (Fsp3) is 0.846. The summed E-state index contributed by atoms with van der Waals surface area (Å²) in [6, 6.07) is 0. The van der Waals surface area contributed by atoms with Gasteiger partial charge in [-0.25, -0.2) is 4.79 Å². The number of aliphatic carboxylic acids is 1. The van der Waals surface area contributed by atoms with Crippen LogP contribution in [0.4, 0.5) is 0 Å². The van der Waals surface area contributed by atoms with E-state index in [9.17, 15) is 9.59 Å². The summed E-state index contributed by atoms with van der Waals surface area (Å²) in [7, 11) is 0. The first-order valence-corrected chi connectivity index (χ1v) is 7.02. The van der Waals surface area contributed by atoms with Crippen molar-refractivity contribution in [3.63, 3.8) is 0 Å². The predicted octanol–water partition coefficient (Wildman–Crippen LogP) is -0.510. The van der Waals surface area contributed by atoms with Crippen LogP contribution in [-0.4, -0.2) is 55.5 Å². The molecule has 114 valence electrons. The summed E-state index contributed by atoms with van der Waals surface area (Å²) in [6.07, 6.45) is 1.41. The van der Waals surface area contributed by atoms with Crippen molar-refractivity contribution in [3.8, 4) is 0 Å². The molecule has 0 bridgehead atoms. The van der Waals surface area contributed by atoms with Gasteiger partial charge in [0.2, 0.25) is 5.91 Å². The first-order valence-electron chi connectivity index (χ1n) is 7.02. The van der Waals surface area contributed by atoms with Crippen LogP contribution in [0.15, 0.2) is 0 Å². The van der Waals surface area contributed by atoms with E-state index in [0.717, 1.165) is 0 Å². The molecule has 1 amide bonds. The summed E-state index contributed by atoms with van der Waals surface area (Å²) in [4.78, 5) is 23.1. The Morgan fingerprint density at radius 1 is 1.30 bits per heavy atom. The molecular weight excluding hydrogens is 264 g/mol. The number of carbonyl (C=O) groups is 2. The van der Waals surface area contributed by atoms with E-state index in [2.05, 4.69) is 5.32 Å². The predicted molar refractivity (Wildman–Crippen MR) is 70.1 cm³/mol. The number of carboxylic acids is 1. The van der Waals surface area contributed by atoms with Gasteiger partial charge in [-0.3, -0.25) is 4.79 Å². The number of ether oxygens (including phenoxy) is 2. The van der Waals surface area contributed by atoms with Gasteiger partial charge >= 0.3 is 5.97 Å². The second-order valence-corrected chi connectivity index (χ2v) is 5.47. The number of nitrogens with two attached hydrogens (primary N) is 1. The lowest BCUT2D eigenvalue weighted by Crippen LogP contribution is -2.50. The van der Waals surface area contributed by atoms with Crippen molar-refractivity contribution in [2.75, 3.05) is 26.3 Å². The third-order valence-electron chi connectivity index (χ3n) is 4.20. The number of hydrogen-bond donors (Lipinski definition) is 3. The van der Waals surface area contributed by atoms with Crippen molar-refractivity contribution in [2.45, 2.75) is 37.9 Å². The normalized spacial score (nSPS) is 29.1. The van der Waals surface area contributed by atoms with E-state index >= 15 is 0 Å². The van der Waals surface area contributed by atoms with Crippen molar-refractivity contribution in [1.29, 1.82) is 0 Å². The van der Waals surface area contributed by atoms with Crippen LogP contribution in [0.3, 0.4) is 0 Å². The van der Waals surface area contributed by atoms with Crippen molar-refractivity contribution in [3.05, 3.63) is 0 Å². The monoisotopic (exact) mass is 286 g/mol. The standard InChI is InChI=1S/C13H22N2O5/c14-8-13(3-5-19-6-4-13)12(18)15-7-9-1-2-10(20-9)11(16)17/h9-10H,1-8,14H2,(H,15,18)(H,16,17). The van der Waals surface area contributed by atoms with Crippen LogP contribution in [0.25, 0.3) is 0 Å². The zero-order valence-corrected chi connectivity index (χ0v) is 11.5. The number of hydrogen-bond acceptors (Lipinski definition) is 5. The second kappa shape index (κ2) is 6.51. The van der Waals surface area contributed by atoms with Crippen LogP contribution in [0, 0.1) is 5.41 Å². The highest BCUT2D eigenvalue weighted by Gasteiger charge is 2.39. The molecule has 2 saturated heterocycles. The Hall–Kier alpha value is -1.18. The third kappa shape index (κ3) is 3.28. The van der Waals surface area contributed by atoms with Crippen molar-refractivity contribution in [1.82, 2.24) is 5.32 Å². The molecule has 2 aliphatic heterocycles. The third-order valence-corrected chi connectivity index (χ3v) is 4.20. The fourth-order valence-corrected chi connectivity index (χ4v) is 2.72. The van der Waals surface area contributed by atoms with Gasteiger partial charge in [0.15, 0.2) is 6.10 Å². The summed E-state index contributed by atoms with van der Waals surface area (Å²) < 4.78 is 10.6. The molecule has 0 spiro atoms. The van der Waals surface area contributed by atoms with Crippen LogP contribution >= 0.6 is 0 Å². The molecule has 2 fully saturated rings. The average Bonchev–Trinajstić information content (AvgIpc) is 2.94. The lowest BCUT2D eigenvalue weighted by Gasteiger charge is -2.34. The molecule has 0 saturated carbocycles. The Morgan fingerprint density at radius 2 is 2.00 bits per heavy atom. The molecule has 2 atom stereocenters. The van der Waals surface area contributed by atoms with Crippen molar-refractivity contribution >= 4 is 11.9 Å². The molecule has 0 aromatic rings. The van der Waals surface area contributed by atoms with Crippen molar-refractivity contribution in [2.24, 2.45) is 11.1 Å². The van der Waals surface area contributed by atoms with Crippen LogP contribution in [0.2, 0.25) is 0 Å². The number of carbonyl (C=O) groups excluding carboxylic acids is 1. The van der Waals surface area contributed by atoms with E-state index in [0.29, 0.717) is 52.0 Å². The minimum Gasteiger partial charge on any atom is -0.479 e. The minimum atomic E-state index is -0.943. The van der Waals surface area contributed by atoms with Gasteiger partial charge in [-0.1, -0.05) is 0 Å². The number of carboxylic acid groups (broad SMARTS) is 1. The summed E-state index contributed by atoms with van der Waals surface area (Å²) in [5.74, 6) is -1.02. The maximum atomic E-state index is 12.3. The number of nitrogens with one attached hydrogen (secondary N) is 1. The summed E-state index contributed by atoms with van der Waals surface area (Å²) in [5.41, 5.74) is 5.21. The SMILES string of the molecule is NCC1(C(=O)NCC2CCC(C(=O)O)O2)CCOCC1. The van der Waals surface area contributed by atoms with Gasteiger partial charge in [0.05, 0.1) is 11.5 Å². The molecule has 7 nitrogen and oxygen atoms in total. The molecule has 2 aliphatic rings. The van der Waals surface area contributed by atoms with E-state index in [4.69, 9.17) is 20.3 Å². The molecule has 2 rings (SSSR count). The van der Waals surface area contributed by atoms with E-state index in [-0.39, 0.29) is 12.0 Å². The molecule has 4 N–H and O–H groups in total. The fourth-order valence-electron chi connectivity index (χ4n) is 2.72. The maximum Gasteiger partial charge on any atom is 0.332 e. The minimum absolute atomic E-state index is 0.0781. The van der Waals surface area contributed by atoms with Crippen LogP contribution in [0.1, 0.15) is 25.7 Å². The van der Waals surface area contributed by atoms with Gasteiger partial charge in [-0.15, -0.1) is 0 Å². The number of rotatable bonds is 5. The molecule has 0 aliphatic carbocycles. The van der Waals surface area contributed by atoms with E-state index in [1.165, 1.54) is 0 Å². The lowest BCUT2D eigenvalue weighted by molar-refractivity contribution is -0.149. The Labute approximate surface area is 117 Å². The average molecular weight is 286 g/mol. The molecule has 2 heterocycles. The molecular formula is C13H22N2O5. The lowest BCUT2D eigenvalue weighted by atomic mass is 9.79. The first kappa shape index (κ1) is 15.2. The van der Waals surface area contributed by atoms with Crippen LogP contribution in [-0.2, 0) is 19.1 Å². The molecule has 7 heteroatoms. The smallest absolute Gasteiger partial charge is 0.332 e. The van der Waals surface area contributed by atoms with Gasteiger partial charge in [-0.05, 0) is 25.7 Å². The van der Waals surface area contributed by atoms with Gasteiger partial charge in [-0.2, -0.15) is 0 Å². The van der Waals surface area contributed by atoms with E-state index < -0.39 is 17.5 Å². The molecule has 0 aromatic carbocycles. The Kier molecular flexibility index (Phi) is 4.95. The Morgan fingerprint density at radius 3 is 2.55 bits per heavy atom. The topological polar surface area (TPSA) is 111 Å².